The molecular formula is C28H38N6O3. The van der Waals surface area contributed by atoms with Gasteiger partial charge in [0, 0.05) is 49.4 Å². The summed E-state index contributed by atoms with van der Waals surface area (Å²) in [5.41, 5.74) is 1.87. The van der Waals surface area contributed by atoms with Crippen LogP contribution >= 0.6 is 0 Å². The molecule has 1 saturated carbocycles. The first kappa shape index (κ1) is 25.4. The van der Waals surface area contributed by atoms with E-state index in [4.69, 9.17) is 4.74 Å². The summed E-state index contributed by atoms with van der Waals surface area (Å²) in [5, 5.41) is 3.58. The molecular weight excluding hydrogens is 468 g/mol. The van der Waals surface area contributed by atoms with Gasteiger partial charge in [-0.2, -0.15) is 0 Å². The lowest BCUT2D eigenvalue weighted by Gasteiger charge is -2.39. The van der Waals surface area contributed by atoms with Crippen molar-refractivity contribution in [2.24, 2.45) is 5.92 Å². The predicted octanol–water partition coefficient (Wildman–Crippen LogP) is 3.34. The molecule has 1 N–H and O–H groups in total. The molecule has 2 aliphatic heterocycles. The van der Waals surface area contributed by atoms with Gasteiger partial charge in [0.15, 0.2) is 0 Å². The summed E-state index contributed by atoms with van der Waals surface area (Å²) < 4.78 is 5.85. The second-order valence-electron chi connectivity index (χ2n) is 11.4. The van der Waals surface area contributed by atoms with Gasteiger partial charge < -0.3 is 19.9 Å². The highest BCUT2D eigenvalue weighted by molar-refractivity contribution is 5.81. The number of aromatic nitrogens is 3. The highest BCUT2D eigenvalue weighted by atomic mass is 16.5. The third kappa shape index (κ3) is 6.37. The molecule has 0 bridgehead atoms. The Balaban J connectivity index is 1.07. The Labute approximate surface area is 219 Å². The topological polar surface area (TPSA) is 101 Å². The molecule has 2 saturated heterocycles. The van der Waals surface area contributed by atoms with E-state index in [0.717, 1.165) is 56.7 Å². The molecule has 198 valence electrons. The summed E-state index contributed by atoms with van der Waals surface area (Å²) in [6.07, 6.45) is 8.58. The van der Waals surface area contributed by atoms with Crippen LogP contribution in [0.3, 0.4) is 0 Å². The van der Waals surface area contributed by atoms with Crippen LogP contribution in [0.2, 0.25) is 0 Å². The van der Waals surface area contributed by atoms with E-state index >= 15 is 0 Å². The highest BCUT2D eigenvalue weighted by Crippen LogP contribution is 2.33. The SMILES string of the molecule is Cc1cc(OC2CN(C(=O)CCC(C)(C)c3ccnc(NC4CCN(C(=O)C5CC5)CC4)c3)C2)ncn1. The lowest BCUT2D eigenvalue weighted by Crippen LogP contribution is -2.56. The van der Waals surface area contributed by atoms with E-state index in [1.54, 1.807) is 0 Å². The number of amides is 2. The van der Waals surface area contributed by atoms with Gasteiger partial charge in [-0.05, 0) is 62.1 Å². The van der Waals surface area contributed by atoms with E-state index in [1.165, 1.54) is 11.9 Å². The zero-order valence-corrected chi connectivity index (χ0v) is 22.2. The molecule has 1 aliphatic carbocycles. The number of carbonyl (C=O) groups is 2. The number of anilines is 1. The summed E-state index contributed by atoms with van der Waals surface area (Å²) in [6, 6.07) is 6.29. The Hall–Kier alpha value is -3.23. The summed E-state index contributed by atoms with van der Waals surface area (Å²) in [5.74, 6) is 2.22. The first-order chi connectivity index (χ1) is 17.8. The maximum Gasteiger partial charge on any atom is 0.225 e. The maximum absolute atomic E-state index is 12.8. The van der Waals surface area contributed by atoms with Crippen molar-refractivity contribution in [3.63, 3.8) is 0 Å². The van der Waals surface area contributed by atoms with Crippen molar-refractivity contribution in [2.45, 2.75) is 76.9 Å². The van der Waals surface area contributed by atoms with Gasteiger partial charge in [-0.3, -0.25) is 9.59 Å². The molecule has 4 heterocycles. The van der Waals surface area contributed by atoms with Crippen molar-refractivity contribution in [1.29, 1.82) is 0 Å². The molecule has 0 radical (unpaired) electrons. The zero-order chi connectivity index (χ0) is 26.0. The smallest absolute Gasteiger partial charge is 0.225 e. The lowest BCUT2D eigenvalue weighted by molar-refractivity contribution is -0.140. The monoisotopic (exact) mass is 506 g/mol. The minimum Gasteiger partial charge on any atom is -0.470 e. The van der Waals surface area contributed by atoms with E-state index in [0.29, 0.717) is 43.3 Å². The summed E-state index contributed by atoms with van der Waals surface area (Å²) in [6.45, 7) is 9.09. The number of pyridine rings is 1. The third-order valence-electron chi connectivity index (χ3n) is 7.86. The molecule has 9 heteroatoms. The number of hydrogen-bond donors (Lipinski definition) is 1. The minimum atomic E-state index is -0.158. The Morgan fingerprint density at radius 2 is 1.81 bits per heavy atom. The van der Waals surface area contributed by atoms with Crippen LogP contribution in [-0.2, 0) is 15.0 Å². The Bertz CT molecular complexity index is 1120. The van der Waals surface area contributed by atoms with E-state index in [2.05, 4.69) is 40.2 Å². The largest absolute Gasteiger partial charge is 0.470 e. The number of piperidine rings is 1. The van der Waals surface area contributed by atoms with Crippen molar-refractivity contribution in [3.8, 4) is 5.88 Å². The van der Waals surface area contributed by atoms with E-state index < -0.39 is 0 Å². The molecule has 0 aromatic carbocycles. The molecule has 3 aliphatic rings. The van der Waals surface area contributed by atoms with E-state index in [1.807, 2.05) is 35.1 Å². The van der Waals surface area contributed by atoms with Gasteiger partial charge in [-0.25, -0.2) is 15.0 Å². The van der Waals surface area contributed by atoms with Gasteiger partial charge in [0.05, 0.1) is 13.1 Å². The van der Waals surface area contributed by atoms with Crippen LogP contribution in [0.15, 0.2) is 30.7 Å². The van der Waals surface area contributed by atoms with Crippen molar-refractivity contribution < 1.29 is 14.3 Å². The van der Waals surface area contributed by atoms with Gasteiger partial charge in [-0.15, -0.1) is 0 Å². The minimum absolute atomic E-state index is 0.0150. The molecule has 9 nitrogen and oxygen atoms in total. The molecule has 0 atom stereocenters. The van der Waals surface area contributed by atoms with Gasteiger partial charge in [0.2, 0.25) is 17.7 Å². The second-order valence-corrected chi connectivity index (χ2v) is 11.4. The van der Waals surface area contributed by atoms with Crippen LogP contribution in [0.5, 0.6) is 5.88 Å². The molecule has 5 rings (SSSR count). The van der Waals surface area contributed by atoms with Crippen molar-refractivity contribution in [1.82, 2.24) is 24.8 Å². The number of ether oxygens (including phenoxy) is 1. The maximum atomic E-state index is 12.8. The van der Waals surface area contributed by atoms with E-state index in [-0.39, 0.29) is 17.4 Å². The fourth-order valence-electron chi connectivity index (χ4n) is 5.08. The average molecular weight is 507 g/mol. The molecule has 37 heavy (non-hydrogen) atoms. The fraction of sp³-hybridized carbons (Fsp3) is 0.607. The molecule has 0 spiro atoms. The molecule has 2 aromatic rings. The number of likely N-dealkylation sites (tertiary alicyclic amines) is 2. The Morgan fingerprint density at radius 3 is 2.51 bits per heavy atom. The van der Waals surface area contributed by atoms with Crippen LogP contribution in [0.1, 0.15) is 63.6 Å². The van der Waals surface area contributed by atoms with Crippen molar-refractivity contribution in [2.75, 3.05) is 31.5 Å². The molecule has 2 aromatic heterocycles. The van der Waals surface area contributed by atoms with Crippen LogP contribution in [0, 0.1) is 12.8 Å². The van der Waals surface area contributed by atoms with Crippen LogP contribution in [0.25, 0.3) is 0 Å². The second kappa shape index (κ2) is 10.6. The number of carbonyl (C=O) groups excluding carboxylic acids is 2. The van der Waals surface area contributed by atoms with Crippen LogP contribution < -0.4 is 10.1 Å². The zero-order valence-electron chi connectivity index (χ0n) is 22.2. The van der Waals surface area contributed by atoms with Gasteiger partial charge in [-0.1, -0.05) is 13.8 Å². The average Bonchev–Trinajstić information content (AvgIpc) is 3.71. The fourth-order valence-corrected chi connectivity index (χ4v) is 5.08. The standard InChI is InChI=1S/C28H38N6O3/c1-19-14-25(31-18-30-19)37-23-16-34(17-23)26(35)6-10-28(2,3)21-7-11-29-24(15-21)32-22-8-12-33(13-9-22)27(36)20-4-5-20/h7,11,14-15,18,20,22-23H,4-6,8-10,12-13,16-17H2,1-3H3,(H,29,32). The first-order valence-corrected chi connectivity index (χ1v) is 13.5. The quantitative estimate of drug-likeness (QED) is 0.557. The van der Waals surface area contributed by atoms with Gasteiger partial charge in [0.1, 0.15) is 18.2 Å². The predicted molar refractivity (Wildman–Crippen MR) is 140 cm³/mol. The summed E-state index contributed by atoms with van der Waals surface area (Å²) >= 11 is 0. The number of rotatable bonds is 9. The Morgan fingerprint density at radius 1 is 1.05 bits per heavy atom. The van der Waals surface area contributed by atoms with Crippen molar-refractivity contribution in [3.05, 3.63) is 42.0 Å². The number of aryl methyl sites for hydroxylation is 1. The van der Waals surface area contributed by atoms with Crippen LogP contribution in [0.4, 0.5) is 5.82 Å². The number of nitrogens with zero attached hydrogens (tertiary/aromatic N) is 5. The van der Waals surface area contributed by atoms with Crippen molar-refractivity contribution >= 4 is 17.6 Å². The summed E-state index contributed by atoms with van der Waals surface area (Å²) in [4.78, 5) is 41.8. The normalized spacial score (nSPS) is 18.9. The molecule has 3 fully saturated rings. The summed E-state index contributed by atoms with van der Waals surface area (Å²) in [7, 11) is 0. The van der Waals surface area contributed by atoms with Gasteiger partial charge in [0.25, 0.3) is 0 Å². The van der Waals surface area contributed by atoms with Crippen LogP contribution in [-0.4, -0.2) is 74.9 Å². The highest BCUT2D eigenvalue weighted by Gasteiger charge is 2.35. The van der Waals surface area contributed by atoms with E-state index in [9.17, 15) is 9.59 Å². The lowest BCUT2D eigenvalue weighted by atomic mass is 9.80. The molecule has 0 unspecified atom stereocenters. The third-order valence-corrected chi connectivity index (χ3v) is 7.86. The molecule has 2 amide bonds. The van der Waals surface area contributed by atoms with Gasteiger partial charge >= 0.3 is 0 Å². The number of nitrogens with one attached hydrogen (secondary N) is 1. The Kier molecular flexibility index (Phi) is 7.31. The first-order valence-electron chi connectivity index (χ1n) is 13.5. The number of hydrogen-bond acceptors (Lipinski definition) is 7.